The second kappa shape index (κ2) is 4.04. The minimum absolute atomic E-state index is 0.475. The molecule has 0 aromatic rings. The van der Waals surface area contributed by atoms with Crippen molar-refractivity contribution in [3.8, 4) is 0 Å². The molecule has 0 aromatic carbocycles. The molecule has 0 aliphatic rings. The standard InChI is InChI=1S/C9H15N/c1-7(2)9(5)6-10-8(3)4/h6-7H,3,5H2,1-2,4H3. The van der Waals surface area contributed by atoms with E-state index in [1.54, 1.807) is 6.21 Å². The minimum Gasteiger partial charge on any atom is -0.262 e. The second-order valence-corrected chi connectivity index (χ2v) is 2.72. The van der Waals surface area contributed by atoms with E-state index < -0.39 is 0 Å². The number of allylic oxidation sites excluding steroid dienone is 2. The van der Waals surface area contributed by atoms with Gasteiger partial charge in [0.1, 0.15) is 0 Å². The summed E-state index contributed by atoms with van der Waals surface area (Å²) in [7, 11) is 0. The molecule has 0 heterocycles. The average Bonchev–Trinajstić information content (AvgIpc) is 1.82. The molecule has 0 saturated carbocycles. The summed E-state index contributed by atoms with van der Waals surface area (Å²) in [5.74, 6) is 0.475. The van der Waals surface area contributed by atoms with Crippen LogP contribution in [-0.2, 0) is 0 Å². The Labute approximate surface area is 63.2 Å². The lowest BCUT2D eigenvalue weighted by molar-refractivity contribution is 0.810. The molecule has 0 unspecified atom stereocenters. The van der Waals surface area contributed by atoms with Crippen molar-refractivity contribution >= 4 is 6.21 Å². The van der Waals surface area contributed by atoms with Gasteiger partial charge in [-0.15, -0.1) is 0 Å². The Balaban J connectivity index is 3.90. The predicted octanol–water partition coefficient (Wildman–Crippen LogP) is 2.80. The predicted molar refractivity (Wildman–Crippen MR) is 47.3 cm³/mol. The van der Waals surface area contributed by atoms with Gasteiger partial charge in [0.05, 0.1) is 0 Å². The molecule has 1 heteroatoms. The van der Waals surface area contributed by atoms with Crippen LogP contribution < -0.4 is 0 Å². The van der Waals surface area contributed by atoms with Crippen molar-refractivity contribution in [1.82, 2.24) is 0 Å². The van der Waals surface area contributed by atoms with E-state index in [4.69, 9.17) is 0 Å². The first-order valence-corrected chi connectivity index (χ1v) is 3.42. The average molecular weight is 137 g/mol. The summed E-state index contributed by atoms with van der Waals surface area (Å²) in [5.41, 5.74) is 1.87. The zero-order valence-electron chi connectivity index (χ0n) is 7.02. The van der Waals surface area contributed by atoms with Gasteiger partial charge in [-0.05, 0) is 18.4 Å². The molecule has 0 radical (unpaired) electrons. The third-order valence-electron chi connectivity index (χ3n) is 1.19. The lowest BCUT2D eigenvalue weighted by atomic mass is 10.1. The van der Waals surface area contributed by atoms with Gasteiger partial charge in [0.25, 0.3) is 0 Å². The summed E-state index contributed by atoms with van der Waals surface area (Å²) in [6.07, 6.45) is 1.77. The van der Waals surface area contributed by atoms with E-state index in [1.165, 1.54) is 0 Å². The number of hydrogen-bond acceptors (Lipinski definition) is 1. The SMILES string of the molecule is C=C(C)N=CC(=C)C(C)C. The van der Waals surface area contributed by atoms with Crippen LogP contribution in [0.4, 0.5) is 0 Å². The third-order valence-corrected chi connectivity index (χ3v) is 1.19. The van der Waals surface area contributed by atoms with Gasteiger partial charge in [-0.2, -0.15) is 0 Å². The number of nitrogens with zero attached hydrogens (tertiary/aromatic N) is 1. The summed E-state index contributed by atoms with van der Waals surface area (Å²) >= 11 is 0. The molecule has 0 aliphatic heterocycles. The summed E-state index contributed by atoms with van der Waals surface area (Å²) in [4.78, 5) is 4.03. The van der Waals surface area contributed by atoms with Crippen LogP contribution in [-0.4, -0.2) is 6.21 Å². The van der Waals surface area contributed by atoms with Crippen LogP contribution in [0, 0.1) is 5.92 Å². The summed E-state index contributed by atoms with van der Waals surface area (Å²) in [5, 5.41) is 0. The Hall–Kier alpha value is -0.850. The number of hydrogen-bond donors (Lipinski definition) is 0. The molecule has 56 valence electrons. The Bertz CT molecular complexity index is 164. The summed E-state index contributed by atoms with van der Waals surface area (Å²) < 4.78 is 0. The van der Waals surface area contributed by atoms with Crippen molar-refractivity contribution in [2.75, 3.05) is 0 Å². The highest BCUT2D eigenvalue weighted by molar-refractivity contribution is 5.78. The van der Waals surface area contributed by atoms with E-state index in [1.807, 2.05) is 6.92 Å². The monoisotopic (exact) mass is 137 g/mol. The van der Waals surface area contributed by atoms with Crippen LogP contribution in [0.3, 0.4) is 0 Å². The molecule has 0 N–H and O–H groups in total. The lowest BCUT2D eigenvalue weighted by Gasteiger charge is -2.00. The van der Waals surface area contributed by atoms with Gasteiger partial charge in [-0.1, -0.05) is 27.0 Å². The second-order valence-electron chi connectivity index (χ2n) is 2.72. The molecule has 0 spiro atoms. The number of aliphatic imine (C=N–C) groups is 1. The molecule has 0 amide bonds. The van der Waals surface area contributed by atoms with E-state index in [0.717, 1.165) is 11.3 Å². The van der Waals surface area contributed by atoms with Crippen molar-refractivity contribution in [2.24, 2.45) is 10.9 Å². The first-order valence-electron chi connectivity index (χ1n) is 3.42. The molecule has 0 aliphatic carbocycles. The maximum absolute atomic E-state index is 4.03. The zero-order valence-corrected chi connectivity index (χ0v) is 7.02. The van der Waals surface area contributed by atoms with Gasteiger partial charge in [0.2, 0.25) is 0 Å². The first-order chi connectivity index (χ1) is 4.54. The van der Waals surface area contributed by atoms with Crippen LogP contribution in [0.25, 0.3) is 0 Å². The van der Waals surface area contributed by atoms with E-state index >= 15 is 0 Å². The fourth-order valence-corrected chi connectivity index (χ4v) is 0.342. The first kappa shape index (κ1) is 9.15. The highest BCUT2D eigenvalue weighted by Gasteiger charge is 1.93. The van der Waals surface area contributed by atoms with E-state index in [0.29, 0.717) is 5.92 Å². The van der Waals surface area contributed by atoms with Crippen molar-refractivity contribution in [2.45, 2.75) is 20.8 Å². The fourth-order valence-electron chi connectivity index (χ4n) is 0.342. The smallest absolute Gasteiger partial charge is 0.0301 e. The van der Waals surface area contributed by atoms with Crippen molar-refractivity contribution in [3.05, 3.63) is 24.4 Å². The van der Waals surface area contributed by atoms with Crippen molar-refractivity contribution in [3.63, 3.8) is 0 Å². The Morgan fingerprint density at radius 1 is 1.40 bits per heavy atom. The molecule has 0 saturated heterocycles. The molecular formula is C9H15N. The summed E-state index contributed by atoms with van der Waals surface area (Å²) in [6.45, 7) is 13.5. The van der Waals surface area contributed by atoms with Gasteiger partial charge >= 0.3 is 0 Å². The van der Waals surface area contributed by atoms with Gasteiger partial charge in [-0.3, -0.25) is 4.99 Å². The Kier molecular flexibility index (Phi) is 3.70. The fraction of sp³-hybridized carbons (Fsp3) is 0.444. The molecular weight excluding hydrogens is 122 g/mol. The molecule has 0 fully saturated rings. The van der Waals surface area contributed by atoms with E-state index in [2.05, 4.69) is 32.0 Å². The van der Waals surface area contributed by atoms with Crippen molar-refractivity contribution < 1.29 is 0 Å². The van der Waals surface area contributed by atoms with Gasteiger partial charge < -0.3 is 0 Å². The minimum atomic E-state index is 0.475. The Morgan fingerprint density at radius 2 is 1.90 bits per heavy atom. The van der Waals surface area contributed by atoms with Crippen LogP contribution >= 0.6 is 0 Å². The third kappa shape index (κ3) is 4.07. The quantitative estimate of drug-likeness (QED) is 0.530. The highest BCUT2D eigenvalue weighted by Crippen LogP contribution is 2.03. The van der Waals surface area contributed by atoms with Gasteiger partial charge in [-0.25, -0.2) is 0 Å². The molecule has 0 atom stereocenters. The lowest BCUT2D eigenvalue weighted by Crippen LogP contribution is -1.92. The zero-order chi connectivity index (χ0) is 8.15. The molecule has 1 nitrogen and oxygen atoms in total. The van der Waals surface area contributed by atoms with Crippen molar-refractivity contribution in [1.29, 1.82) is 0 Å². The normalized spacial score (nSPS) is 10.8. The van der Waals surface area contributed by atoms with Crippen LogP contribution in [0.2, 0.25) is 0 Å². The van der Waals surface area contributed by atoms with Gasteiger partial charge in [0, 0.05) is 11.9 Å². The maximum atomic E-state index is 4.03. The Morgan fingerprint density at radius 3 is 2.20 bits per heavy atom. The molecule has 0 aromatic heterocycles. The maximum Gasteiger partial charge on any atom is 0.0301 e. The highest BCUT2D eigenvalue weighted by atomic mass is 14.7. The van der Waals surface area contributed by atoms with Crippen LogP contribution in [0.15, 0.2) is 29.4 Å². The van der Waals surface area contributed by atoms with Crippen LogP contribution in [0.1, 0.15) is 20.8 Å². The number of rotatable bonds is 3. The topological polar surface area (TPSA) is 12.4 Å². The van der Waals surface area contributed by atoms with Crippen LogP contribution in [0.5, 0.6) is 0 Å². The van der Waals surface area contributed by atoms with E-state index in [-0.39, 0.29) is 0 Å². The molecule has 0 rings (SSSR count). The molecule has 0 bridgehead atoms. The van der Waals surface area contributed by atoms with E-state index in [9.17, 15) is 0 Å². The summed E-state index contributed by atoms with van der Waals surface area (Å²) in [6, 6.07) is 0. The van der Waals surface area contributed by atoms with Gasteiger partial charge in [0.15, 0.2) is 0 Å². The largest absolute Gasteiger partial charge is 0.262 e. The molecule has 10 heavy (non-hydrogen) atoms.